The Bertz CT molecular complexity index is 776. The van der Waals surface area contributed by atoms with Crippen LogP contribution in [0.4, 0.5) is 10.2 Å². The first-order valence-corrected chi connectivity index (χ1v) is 7.82. The average Bonchev–Trinajstić information content (AvgIpc) is 2.48. The molecule has 0 spiro atoms. The molecule has 2 rings (SSSR count). The fourth-order valence-electron chi connectivity index (χ4n) is 1.64. The number of ether oxygens (including phenoxy) is 1. The highest BCUT2D eigenvalue weighted by Gasteiger charge is 2.16. The van der Waals surface area contributed by atoms with Crippen LogP contribution in [0.3, 0.4) is 0 Å². The minimum Gasteiger partial charge on any atom is -0.462 e. The first-order chi connectivity index (χ1) is 10.4. The summed E-state index contributed by atoms with van der Waals surface area (Å²) in [5.74, 6) is -1.15. The maximum atomic E-state index is 12.8. The molecular formula is C14H13FN2O4S. The van der Waals surface area contributed by atoms with Crippen LogP contribution < -0.4 is 4.72 Å². The molecule has 1 aromatic heterocycles. The second-order valence-corrected chi connectivity index (χ2v) is 5.89. The Morgan fingerprint density at radius 2 is 1.95 bits per heavy atom. The molecule has 0 aliphatic rings. The highest BCUT2D eigenvalue weighted by atomic mass is 32.2. The van der Waals surface area contributed by atoms with Crippen molar-refractivity contribution in [3.63, 3.8) is 0 Å². The average molecular weight is 324 g/mol. The topological polar surface area (TPSA) is 85.4 Å². The number of hydrogen-bond donors (Lipinski definition) is 1. The van der Waals surface area contributed by atoms with E-state index >= 15 is 0 Å². The number of halogens is 1. The Kier molecular flexibility index (Phi) is 4.71. The van der Waals surface area contributed by atoms with E-state index in [2.05, 4.69) is 9.71 Å². The number of nitrogens with zero attached hydrogens (tertiary/aromatic N) is 1. The molecule has 0 aliphatic carbocycles. The molecule has 6 nitrogen and oxygen atoms in total. The van der Waals surface area contributed by atoms with Gasteiger partial charge in [0.1, 0.15) is 11.6 Å². The van der Waals surface area contributed by atoms with Crippen molar-refractivity contribution in [3.8, 4) is 0 Å². The van der Waals surface area contributed by atoms with Gasteiger partial charge >= 0.3 is 5.97 Å². The van der Waals surface area contributed by atoms with Gasteiger partial charge in [-0.05, 0) is 43.3 Å². The number of carbonyl (C=O) groups excluding carboxylic acids is 1. The Labute approximate surface area is 127 Å². The molecule has 0 amide bonds. The zero-order valence-electron chi connectivity index (χ0n) is 11.6. The van der Waals surface area contributed by atoms with Crippen LogP contribution in [0.25, 0.3) is 0 Å². The van der Waals surface area contributed by atoms with Crippen molar-refractivity contribution in [1.82, 2.24) is 4.98 Å². The van der Waals surface area contributed by atoms with Crippen LogP contribution in [0.5, 0.6) is 0 Å². The minimum atomic E-state index is -3.92. The molecule has 116 valence electrons. The molecule has 0 atom stereocenters. The third-order valence-electron chi connectivity index (χ3n) is 2.63. The van der Waals surface area contributed by atoms with E-state index in [1.165, 1.54) is 18.3 Å². The molecule has 1 aromatic carbocycles. The van der Waals surface area contributed by atoms with Gasteiger partial charge in [-0.1, -0.05) is 0 Å². The molecule has 0 fully saturated rings. The lowest BCUT2D eigenvalue weighted by atomic mass is 10.3. The molecule has 1 heterocycles. The van der Waals surface area contributed by atoms with Gasteiger partial charge in [-0.3, -0.25) is 4.72 Å². The highest BCUT2D eigenvalue weighted by Crippen LogP contribution is 2.16. The first kappa shape index (κ1) is 15.9. The zero-order chi connectivity index (χ0) is 16.2. The normalized spacial score (nSPS) is 11.0. The van der Waals surface area contributed by atoms with E-state index in [4.69, 9.17) is 4.74 Å². The van der Waals surface area contributed by atoms with Gasteiger partial charge in [-0.25, -0.2) is 22.6 Å². The number of pyridine rings is 1. The maximum Gasteiger partial charge on any atom is 0.338 e. The molecule has 22 heavy (non-hydrogen) atoms. The molecule has 0 unspecified atom stereocenters. The molecule has 0 saturated heterocycles. The largest absolute Gasteiger partial charge is 0.462 e. The van der Waals surface area contributed by atoms with Gasteiger partial charge in [0.2, 0.25) is 0 Å². The van der Waals surface area contributed by atoms with Gasteiger partial charge in [0, 0.05) is 6.20 Å². The Hall–Kier alpha value is -2.48. The SMILES string of the molecule is CCOC(=O)c1ccnc(NS(=O)(=O)c2ccc(F)cc2)c1. The van der Waals surface area contributed by atoms with Crippen LogP contribution in [0.15, 0.2) is 47.5 Å². The number of sulfonamides is 1. The quantitative estimate of drug-likeness (QED) is 0.852. The van der Waals surface area contributed by atoms with E-state index in [0.717, 1.165) is 24.3 Å². The number of nitrogens with one attached hydrogen (secondary N) is 1. The summed E-state index contributed by atoms with van der Waals surface area (Å²) >= 11 is 0. The molecule has 0 bridgehead atoms. The molecule has 8 heteroatoms. The third kappa shape index (κ3) is 3.79. The van der Waals surface area contributed by atoms with Crippen molar-refractivity contribution in [2.24, 2.45) is 0 Å². The van der Waals surface area contributed by atoms with Crippen LogP contribution in [0.1, 0.15) is 17.3 Å². The fourth-order valence-corrected chi connectivity index (χ4v) is 2.64. The summed E-state index contributed by atoms with van der Waals surface area (Å²) in [6.07, 6.45) is 1.29. The number of anilines is 1. The van der Waals surface area contributed by atoms with E-state index in [0.29, 0.717) is 0 Å². The Balaban J connectivity index is 2.24. The molecule has 0 aliphatic heterocycles. The monoisotopic (exact) mass is 324 g/mol. The fraction of sp³-hybridized carbons (Fsp3) is 0.143. The standard InChI is InChI=1S/C14H13FN2O4S/c1-2-21-14(18)10-7-8-16-13(9-10)17-22(19,20)12-5-3-11(15)4-6-12/h3-9H,2H2,1H3,(H,16,17). The number of rotatable bonds is 5. The molecule has 2 aromatic rings. The van der Waals surface area contributed by atoms with Crippen LogP contribution in [0.2, 0.25) is 0 Å². The summed E-state index contributed by atoms with van der Waals surface area (Å²) in [5.41, 5.74) is 0.175. The van der Waals surface area contributed by atoms with Gasteiger partial charge in [0.15, 0.2) is 0 Å². The van der Waals surface area contributed by atoms with Crippen LogP contribution in [-0.4, -0.2) is 26.0 Å². The molecule has 0 radical (unpaired) electrons. The predicted octanol–water partition coefficient (Wildman–Crippen LogP) is 2.20. The van der Waals surface area contributed by atoms with Crippen molar-refractivity contribution in [3.05, 3.63) is 54.0 Å². The number of benzene rings is 1. The van der Waals surface area contributed by atoms with Gasteiger partial charge in [-0.2, -0.15) is 0 Å². The van der Waals surface area contributed by atoms with Crippen molar-refractivity contribution in [2.75, 3.05) is 11.3 Å². The molecule has 1 N–H and O–H groups in total. The van der Waals surface area contributed by atoms with Crippen LogP contribution >= 0.6 is 0 Å². The van der Waals surface area contributed by atoms with E-state index in [9.17, 15) is 17.6 Å². The van der Waals surface area contributed by atoms with Crippen molar-refractivity contribution in [1.29, 1.82) is 0 Å². The first-order valence-electron chi connectivity index (χ1n) is 6.34. The van der Waals surface area contributed by atoms with Crippen LogP contribution in [-0.2, 0) is 14.8 Å². The number of esters is 1. The summed E-state index contributed by atoms with van der Waals surface area (Å²) < 4.78 is 44.1. The third-order valence-corrected chi connectivity index (χ3v) is 4.00. The van der Waals surface area contributed by atoms with Crippen LogP contribution in [0, 0.1) is 5.82 Å². The summed E-state index contributed by atoms with van der Waals surface area (Å²) in [6, 6.07) is 7.01. The van der Waals surface area contributed by atoms with E-state index in [1.54, 1.807) is 6.92 Å². The highest BCUT2D eigenvalue weighted by molar-refractivity contribution is 7.92. The molecular weight excluding hydrogens is 311 g/mol. The van der Waals surface area contributed by atoms with Gasteiger partial charge < -0.3 is 4.74 Å². The summed E-state index contributed by atoms with van der Waals surface area (Å²) in [5, 5.41) is 0. The Morgan fingerprint density at radius 1 is 1.27 bits per heavy atom. The maximum absolute atomic E-state index is 12.8. The number of carbonyl (C=O) groups is 1. The molecule has 0 saturated carbocycles. The lowest BCUT2D eigenvalue weighted by molar-refractivity contribution is 0.0526. The number of hydrogen-bond acceptors (Lipinski definition) is 5. The van der Waals surface area contributed by atoms with Crippen molar-refractivity contribution in [2.45, 2.75) is 11.8 Å². The minimum absolute atomic E-state index is 0.0325. The second-order valence-electron chi connectivity index (χ2n) is 4.21. The van der Waals surface area contributed by atoms with E-state index in [-0.39, 0.29) is 22.9 Å². The second kappa shape index (κ2) is 6.52. The van der Waals surface area contributed by atoms with Gasteiger partial charge in [0.05, 0.1) is 17.1 Å². The van der Waals surface area contributed by atoms with Crippen molar-refractivity contribution < 1.29 is 22.3 Å². The lowest BCUT2D eigenvalue weighted by Gasteiger charge is -2.08. The predicted molar refractivity (Wildman–Crippen MR) is 77.4 cm³/mol. The van der Waals surface area contributed by atoms with Gasteiger partial charge in [0.25, 0.3) is 10.0 Å². The van der Waals surface area contributed by atoms with E-state index < -0.39 is 21.8 Å². The smallest absolute Gasteiger partial charge is 0.338 e. The van der Waals surface area contributed by atoms with Crippen molar-refractivity contribution >= 4 is 21.8 Å². The number of aromatic nitrogens is 1. The summed E-state index contributed by atoms with van der Waals surface area (Å²) in [6.45, 7) is 1.87. The van der Waals surface area contributed by atoms with Gasteiger partial charge in [-0.15, -0.1) is 0 Å². The van der Waals surface area contributed by atoms with E-state index in [1.807, 2.05) is 0 Å². The Morgan fingerprint density at radius 3 is 2.59 bits per heavy atom. The zero-order valence-corrected chi connectivity index (χ0v) is 12.4. The lowest BCUT2D eigenvalue weighted by Crippen LogP contribution is -2.14. The summed E-state index contributed by atoms with van der Waals surface area (Å²) in [4.78, 5) is 15.3. The summed E-state index contributed by atoms with van der Waals surface area (Å²) in [7, 11) is -3.92.